The van der Waals surface area contributed by atoms with Gasteiger partial charge in [-0.25, -0.2) is 19.0 Å². The third-order valence-electron chi connectivity index (χ3n) is 5.34. The molecule has 0 atom stereocenters. The van der Waals surface area contributed by atoms with Crippen molar-refractivity contribution < 1.29 is 23.9 Å². The predicted octanol–water partition coefficient (Wildman–Crippen LogP) is 3.97. The van der Waals surface area contributed by atoms with Gasteiger partial charge >= 0.3 is 11.9 Å². The number of carbonyl (C=O) groups is 3. The highest BCUT2D eigenvalue weighted by atomic mass is 16.5. The van der Waals surface area contributed by atoms with Gasteiger partial charge in [-0.1, -0.05) is 0 Å². The Hall–Kier alpha value is -4.73. The van der Waals surface area contributed by atoms with E-state index in [1.165, 1.54) is 6.20 Å². The summed E-state index contributed by atoms with van der Waals surface area (Å²) in [6, 6.07) is 15.5. The monoisotopic (exact) mass is 487 g/mol. The third-order valence-corrected chi connectivity index (χ3v) is 5.34. The zero-order valence-corrected chi connectivity index (χ0v) is 20.1. The maximum atomic E-state index is 12.7. The largest absolute Gasteiger partial charge is 0.462 e. The van der Waals surface area contributed by atoms with Crippen LogP contribution in [0.5, 0.6) is 0 Å². The fraction of sp³-hybridized carbons (Fsp3) is 0.192. The number of esters is 2. The van der Waals surface area contributed by atoms with E-state index in [0.717, 1.165) is 5.69 Å². The van der Waals surface area contributed by atoms with Crippen LogP contribution in [0, 0.1) is 6.92 Å². The van der Waals surface area contributed by atoms with Crippen molar-refractivity contribution in [3.05, 3.63) is 89.5 Å². The van der Waals surface area contributed by atoms with Gasteiger partial charge in [0.25, 0.3) is 5.91 Å². The first-order chi connectivity index (χ1) is 17.4. The fourth-order valence-corrected chi connectivity index (χ4v) is 3.52. The molecule has 0 unspecified atom stereocenters. The number of benzene rings is 2. The lowest BCUT2D eigenvalue weighted by Gasteiger charge is -2.09. The summed E-state index contributed by atoms with van der Waals surface area (Å²) in [6.07, 6.45) is 3.14. The molecule has 184 valence electrons. The molecule has 10 nitrogen and oxygen atoms in total. The Morgan fingerprint density at radius 3 is 2.17 bits per heavy atom. The molecule has 1 amide bonds. The smallest absolute Gasteiger partial charge is 0.358 e. The van der Waals surface area contributed by atoms with Crippen LogP contribution >= 0.6 is 0 Å². The van der Waals surface area contributed by atoms with Crippen LogP contribution in [0.2, 0.25) is 0 Å². The molecular weight excluding hydrogens is 462 g/mol. The SMILES string of the molecule is CCOC(=O)c1ccn(-c2ccc(NC(=O)c3ccc(-n4ncc(C(=O)OCC)c4C)cc3)cc2)n1. The molecule has 2 aromatic carbocycles. The van der Waals surface area contributed by atoms with Crippen molar-refractivity contribution in [2.45, 2.75) is 20.8 Å². The molecular formula is C26H25N5O5. The zero-order chi connectivity index (χ0) is 25.7. The summed E-state index contributed by atoms with van der Waals surface area (Å²) in [5.41, 5.74) is 3.78. The highest BCUT2D eigenvalue weighted by Crippen LogP contribution is 2.18. The number of nitrogens with one attached hydrogen (secondary N) is 1. The van der Waals surface area contributed by atoms with Crippen LogP contribution in [0.1, 0.15) is 50.7 Å². The van der Waals surface area contributed by atoms with E-state index in [1.807, 2.05) is 0 Å². The van der Waals surface area contributed by atoms with Gasteiger partial charge in [-0.05, 0) is 75.4 Å². The summed E-state index contributed by atoms with van der Waals surface area (Å²) >= 11 is 0. The molecule has 0 saturated carbocycles. The van der Waals surface area contributed by atoms with Gasteiger partial charge < -0.3 is 14.8 Å². The molecule has 0 bridgehead atoms. The molecule has 36 heavy (non-hydrogen) atoms. The minimum absolute atomic E-state index is 0.222. The highest BCUT2D eigenvalue weighted by Gasteiger charge is 2.16. The van der Waals surface area contributed by atoms with Crippen LogP contribution in [0.4, 0.5) is 5.69 Å². The summed E-state index contributed by atoms with van der Waals surface area (Å²) in [7, 11) is 0. The van der Waals surface area contributed by atoms with Crippen LogP contribution in [0.15, 0.2) is 67.0 Å². The van der Waals surface area contributed by atoms with Crippen LogP contribution < -0.4 is 5.32 Å². The van der Waals surface area contributed by atoms with Gasteiger partial charge in [0.1, 0.15) is 5.56 Å². The van der Waals surface area contributed by atoms with Crippen LogP contribution in [-0.4, -0.2) is 50.6 Å². The predicted molar refractivity (Wildman–Crippen MR) is 132 cm³/mol. The number of rotatable bonds is 8. The molecule has 0 radical (unpaired) electrons. The molecule has 0 aliphatic rings. The molecule has 4 aromatic rings. The van der Waals surface area contributed by atoms with E-state index >= 15 is 0 Å². The second kappa shape index (κ2) is 10.7. The molecule has 4 rings (SSSR count). The number of anilines is 1. The highest BCUT2D eigenvalue weighted by molar-refractivity contribution is 6.04. The zero-order valence-electron chi connectivity index (χ0n) is 20.1. The Bertz CT molecular complexity index is 1390. The van der Waals surface area contributed by atoms with E-state index in [2.05, 4.69) is 15.5 Å². The van der Waals surface area contributed by atoms with Gasteiger partial charge in [0.15, 0.2) is 5.69 Å². The minimum atomic E-state index is -0.478. The molecule has 0 spiro atoms. The van der Waals surface area contributed by atoms with Gasteiger partial charge in [-0.15, -0.1) is 0 Å². The normalized spacial score (nSPS) is 10.6. The van der Waals surface area contributed by atoms with Gasteiger partial charge in [0.05, 0.1) is 36.5 Å². The first kappa shape index (κ1) is 24.4. The second-order valence-electron chi connectivity index (χ2n) is 7.69. The minimum Gasteiger partial charge on any atom is -0.462 e. The Morgan fingerprint density at radius 2 is 1.50 bits per heavy atom. The maximum absolute atomic E-state index is 12.7. The lowest BCUT2D eigenvalue weighted by molar-refractivity contribution is 0.0512. The van der Waals surface area contributed by atoms with E-state index in [0.29, 0.717) is 28.2 Å². The van der Waals surface area contributed by atoms with Gasteiger partial charge in [0.2, 0.25) is 0 Å². The molecule has 0 saturated heterocycles. The number of hydrogen-bond donors (Lipinski definition) is 1. The quantitative estimate of drug-likeness (QED) is 0.374. The summed E-state index contributed by atoms with van der Waals surface area (Å²) in [6.45, 7) is 5.83. The van der Waals surface area contributed by atoms with Crippen LogP contribution in [0.25, 0.3) is 11.4 Å². The molecule has 1 N–H and O–H groups in total. The number of nitrogens with zero attached hydrogens (tertiary/aromatic N) is 4. The van der Waals surface area contributed by atoms with Crippen molar-refractivity contribution in [3.8, 4) is 11.4 Å². The van der Waals surface area contributed by atoms with E-state index < -0.39 is 11.9 Å². The number of carbonyl (C=O) groups excluding carboxylic acids is 3. The Morgan fingerprint density at radius 1 is 0.861 bits per heavy atom. The van der Waals surface area contributed by atoms with Gasteiger partial charge in [-0.3, -0.25) is 4.79 Å². The number of amides is 1. The molecule has 0 fully saturated rings. The van der Waals surface area contributed by atoms with E-state index in [4.69, 9.17) is 9.47 Å². The van der Waals surface area contributed by atoms with E-state index in [-0.39, 0.29) is 24.8 Å². The Balaban J connectivity index is 1.42. The first-order valence-electron chi connectivity index (χ1n) is 11.4. The summed E-state index contributed by atoms with van der Waals surface area (Å²) < 4.78 is 13.2. The van der Waals surface area contributed by atoms with E-state index in [1.54, 1.807) is 90.9 Å². The Kier molecular flexibility index (Phi) is 7.24. The van der Waals surface area contributed by atoms with Crippen molar-refractivity contribution in [2.75, 3.05) is 18.5 Å². The molecule has 0 aliphatic heterocycles. The lowest BCUT2D eigenvalue weighted by atomic mass is 10.1. The van der Waals surface area contributed by atoms with Gasteiger partial charge in [0, 0.05) is 17.4 Å². The summed E-state index contributed by atoms with van der Waals surface area (Å²) in [4.78, 5) is 36.6. The molecule has 2 heterocycles. The average Bonchev–Trinajstić information content (AvgIpc) is 3.52. The van der Waals surface area contributed by atoms with Gasteiger partial charge in [-0.2, -0.15) is 10.2 Å². The first-order valence-corrected chi connectivity index (χ1v) is 11.4. The standard InChI is InChI=1S/C26H25N5O5/c1-4-35-25(33)22-16-27-31(17(22)3)21-10-6-18(7-11-21)24(32)28-19-8-12-20(13-9-19)30-15-14-23(29-30)26(34)36-5-2/h6-16H,4-5H2,1-3H3,(H,28,32). The molecule has 0 aliphatic carbocycles. The summed E-state index contributed by atoms with van der Waals surface area (Å²) in [5, 5.41) is 11.3. The van der Waals surface area contributed by atoms with Crippen LogP contribution in [-0.2, 0) is 9.47 Å². The van der Waals surface area contributed by atoms with Crippen molar-refractivity contribution in [3.63, 3.8) is 0 Å². The molecule has 10 heteroatoms. The summed E-state index contributed by atoms with van der Waals surface area (Å²) in [5.74, 6) is -1.18. The second-order valence-corrected chi connectivity index (χ2v) is 7.69. The van der Waals surface area contributed by atoms with E-state index in [9.17, 15) is 14.4 Å². The Labute approximate surface area is 207 Å². The number of ether oxygens (including phenoxy) is 2. The fourth-order valence-electron chi connectivity index (χ4n) is 3.52. The lowest BCUT2D eigenvalue weighted by Crippen LogP contribution is -2.12. The van der Waals surface area contributed by atoms with Crippen molar-refractivity contribution >= 4 is 23.5 Å². The van der Waals surface area contributed by atoms with Crippen molar-refractivity contribution in [2.24, 2.45) is 0 Å². The van der Waals surface area contributed by atoms with Crippen molar-refractivity contribution in [1.82, 2.24) is 19.6 Å². The van der Waals surface area contributed by atoms with Crippen LogP contribution in [0.3, 0.4) is 0 Å². The average molecular weight is 488 g/mol. The maximum Gasteiger partial charge on any atom is 0.358 e. The topological polar surface area (TPSA) is 117 Å². The molecule has 2 aromatic heterocycles. The van der Waals surface area contributed by atoms with Crippen molar-refractivity contribution in [1.29, 1.82) is 0 Å². The third kappa shape index (κ3) is 5.17. The number of aromatic nitrogens is 4. The number of hydrogen-bond acceptors (Lipinski definition) is 7.